The number of benzene rings is 2. The lowest BCUT2D eigenvalue weighted by atomic mass is 10.0. The summed E-state index contributed by atoms with van der Waals surface area (Å²) in [5, 5.41) is 5.88. The standard InChI is InChI=1S/C19H21FN2O/c1-14-6-8-16(9-7-14)19(11-12-19)22-18(23)21-13-10-15-4-2-3-5-17(15)20/h2-9H,10-13H2,1H3,(H2,21,22,23). The second-order valence-corrected chi connectivity index (χ2v) is 6.17. The summed E-state index contributed by atoms with van der Waals surface area (Å²) >= 11 is 0. The Bertz CT molecular complexity index is 693. The van der Waals surface area contributed by atoms with Crippen molar-refractivity contribution >= 4 is 6.03 Å². The Kier molecular flexibility index (Phi) is 4.33. The van der Waals surface area contributed by atoms with Crippen LogP contribution in [0, 0.1) is 12.7 Å². The van der Waals surface area contributed by atoms with E-state index in [9.17, 15) is 9.18 Å². The molecule has 23 heavy (non-hydrogen) atoms. The number of aryl methyl sites for hydroxylation is 1. The summed E-state index contributed by atoms with van der Waals surface area (Å²) in [6.07, 6.45) is 2.39. The van der Waals surface area contributed by atoms with Gasteiger partial charge in [-0.25, -0.2) is 9.18 Å². The molecule has 1 aliphatic carbocycles. The van der Waals surface area contributed by atoms with E-state index in [0.717, 1.165) is 18.4 Å². The molecule has 3 rings (SSSR count). The lowest BCUT2D eigenvalue weighted by Gasteiger charge is -2.18. The van der Waals surface area contributed by atoms with E-state index in [1.165, 1.54) is 11.6 Å². The molecule has 1 fully saturated rings. The summed E-state index contributed by atoms with van der Waals surface area (Å²) in [7, 11) is 0. The van der Waals surface area contributed by atoms with E-state index in [0.29, 0.717) is 18.5 Å². The minimum atomic E-state index is -0.229. The molecule has 120 valence electrons. The van der Waals surface area contributed by atoms with Crippen molar-refractivity contribution in [2.75, 3.05) is 6.54 Å². The zero-order valence-electron chi connectivity index (χ0n) is 13.2. The van der Waals surface area contributed by atoms with Gasteiger partial charge in [-0.1, -0.05) is 48.0 Å². The summed E-state index contributed by atoms with van der Waals surface area (Å²) in [5.74, 6) is -0.229. The molecular formula is C19H21FN2O. The van der Waals surface area contributed by atoms with E-state index in [4.69, 9.17) is 0 Å². The molecule has 0 aliphatic heterocycles. The van der Waals surface area contributed by atoms with E-state index in [1.807, 2.05) is 6.92 Å². The predicted octanol–water partition coefficient (Wildman–Crippen LogP) is 3.67. The molecule has 2 aromatic carbocycles. The van der Waals surface area contributed by atoms with Crippen molar-refractivity contribution in [2.24, 2.45) is 0 Å². The molecule has 2 N–H and O–H groups in total. The Labute approximate surface area is 135 Å². The molecule has 0 bridgehead atoms. The zero-order valence-corrected chi connectivity index (χ0v) is 13.2. The molecule has 0 spiro atoms. The molecular weight excluding hydrogens is 291 g/mol. The lowest BCUT2D eigenvalue weighted by molar-refractivity contribution is 0.236. The van der Waals surface area contributed by atoms with Crippen molar-refractivity contribution in [2.45, 2.75) is 31.7 Å². The Hall–Kier alpha value is -2.36. The summed E-state index contributed by atoms with van der Waals surface area (Å²) in [5.41, 5.74) is 2.74. The highest BCUT2D eigenvalue weighted by Crippen LogP contribution is 2.45. The fourth-order valence-corrected chi connectivity index (χ4v) is 2.76. The second-order valence-electron chi connectivity index (χ2n) is 6.17. The largest absolute Gasteiger partial charge is 0.338 e. The van der Waals surface area contributed by atoms with E-state index in [1.54, 1.807) is 18.2 Å². The highest BCUT2D eigenvalue weighted by Gasteiger charge is 2.45. The van der Waals surface area contributed by atoms with Crippen LogP contribution < -0.4 is 10.6 Å². The quantitative estimate of drug-likeness (QED) is 0.869. The number of urea groups is 1. The summed E-state index contributed by atoms with van der Waals surface area (Å²) in [6.45, 7) is 2.46. The fraction of sp³-hybridized carbons (Fsp3) is 0.316. The van der Waals surface area contributed by atoms with Crippen LogP contribution in [-0.4, -0.2) is 12.6 Å². The van der Waals surface area contributed by atoms with Gasteiger partial charge < -0.3 is 10.6 Å². The minimum Gasteiger partial charge on any atom is -0.338 e. The molecule has 1 aliphatic rings. The minimum absolute atomic E-state index is 0.195. The van der Waals surface area contributed by atoms with Gasteiger partial charge in [0, 0.05) is 6.54 Å². The SMILES string of the molecule is Cc1ccc(C2(NC(=O)NCCc3ccccc3F)CC2)cc1. The first-order valence-electron chi connectivity index (χ1n) is 7.96. The maximum atomic E-state index is 13.5. The second kappa shape index (κ2) is 6.41. The smallest absolute Gasteiger partial charge is 0.315 e. The van der Waals surface area contributed by atoms with Crippen LogP contribution in [0.15, 0.2) is 48.5 Å². The molecule has 0 heterocycles. The number of hydrogen-bond donors (Lipinski definition) is 2. The number of amides is 2. The molecule has 0 saturated heterocycles. The molecule has 0 unspecified atom stereocenters. The van der Waals surface area contributed by atoms with Gasteiger partial charge in [0.25, 0.3) is 0 Å². The van der Waals surface area contributed by atoms with Crippen molar-refractivity contribution in [1.29, 1.82) is 0 Å². The van der Waals surface area contributed by atoms with Gasteiger partial charge in [-0.05, 0) is 43.4 Å². The van der Waals surface area contributed by atoms with Crippen LogP contribution in [0.5, 0.6) is 0 Å². The number of halogens is 1. The Morgan fingerprint density at radius 2 is 1.83 bits per heavy atom. The number of carbonyl (C=O) groups excluding carboxylic acids is 1. The Balaban J connectivity index is 1.52. The summed E-state index contributed by atoms with van der Waals surface area (Å²) in [4.78, 5) is 12.1. The molecule has 0 aromatic heterocycles. The first kappa shape index (κ1) is 15.5. The first-order chi connectivity index (χ1) is 11.1. The van der Waals surface area contributed by atoms with Crippen LogP contribution in [-0.2, 0) is 12.0 Å². The normalized spacial score (nSPS) is 15.0. The third-order valence-electron chi connectivity index (χ3n) is 4.34. The van der Waals surface area contributed by atoms with Crippen molar-refractivity contribution in [3.05, 3.63) is 71.0 Å². The van der Waals surface area contributed by atoms with Gasteiger partial charge in [-0.15, -0.1) is 0 Å². The maximum absolute atomic E-state index is 13.5. The third kappa shape index (κ3) is 3.70. The molecule has 0 atom stereocenters. The van der Waals surface area contributed by atoms with Crippen LogP contribution in [0.1, 0.15) is 29.5 Å². The monoisotopic (exact) mass is 312 g/mol. The van der Waals surface area contributed by atoms with Crippen LogP contribution in [0.3, 0.4) is 0 Å². The van der Waals surface area contributed by atoms with Gasteiger partial charge in [0.2, 0.25) is 0 Å². The molecule has 3 nitrogen and oxygen atoms in total. The van der Waals surface area contributed by atoms with Gasteiger partial charge in [0.15, 0.2) is 0 Å². The van der Waals surface area contributed by atoms with Crippen molar-refractivity contribution in [3.63, 3.8) is 0 Å². The van der Waals surface area contributed by atoms with Crippen molar-refractivity contribution in [1.82, 2.24) is 10.6 Å². The van der Waals surface area contributed by atoms with Gasteiger partial charge in [0.05, 0.1) is 5.54 Å². The average molecular weight is 312 g/mol. The maximum Gasteiger partial charge on any atom is 0.315 e. The topological polar surface area (TPSA) is 41.1 Å². The van der Waals surface area contributed by atoms with Gasteiger partial charge in [0.1, 0.15) is 5.82 Å². The van der Waals surface area contributed by atoms with E-state index in [-0.39, 0.29) is 17.4 Å². The highest BCUT2D eigenvalue weighted by molar-refractivity contribution is 5.75. The zero-order chi connectivity index (χ0) is 16.3. The molecule has 4 heteroatoms. The number of hydrogen-bond acceptors (Lipinski definition) is 1. The number of carbonyl (C=O) groups is 1. The van der Waals surface area contributed by atoms with Crippen LogP contribution in [0.4, 0.5) is 9.18 Å². The Morgan fingerprint density at radius 1 is 1.13 bits per heavy atom. The third-order valence-corrected chi connectivity index (χ3v) is 4.34. The predicted molar refractivity (Wildman–Crippen MR) is 88.7 cm³/mol. The van der Waals surface area contributed by atoms with Crippen LogP contribution in [0.2, 0.25) is 0 Å². The van der Waals surface area contributed by atoms with E-state index in [2.05, 4.69) is 34.9 Å². The highest BCUT2D eigenvalue weighted by atomic mass is 19.1. The lowest BCUT2D eigenvalue weighted by Crippen LogP contribution is -2.42. The van der Waals surface area contributed by atoms with Gasteiger partial charge in [-0.2, -0.15) is 0 Å². The summed E-state index contributed by atoms with van der Waals surface area (Å²) in [6, 6.07) is 14.7. The molecule has 2 amide bonds. The van der Waals surface area contributed by atoms with Gasteiger partial charge >= 0.3 is 6.03 Å². The fourth-order valence-electron chi connectivity index (χ4n) is 2.76. The molecule has 2 aromatic rings. The first-order valence-corrected chi connectivity index (χ1v) is 7.96. The molecule has 1 saturated carbocycles. The van der Waals surface area contributed by atoms with Crippen molar-refractivity contribution in [3.8, 4) is 0 Å². The van der Waals surface area contributed by atoms with E-state index < -0.39 is 0 Å². The van der Waals surface area contributed by atoms with Crippen molar-refractivity contribution < 1.29 is 9.18 Å². The number of nitrogens with one attached hydrogen (secondary N) is 2. The Morgan fingerprint density at radius 3 is 2.48 bits per heavy atom. The molecule has 0 radical (unpaired) electrons. The van der Waals surface area contributed by atoms with Gasteiger partial charge in [-0.3, -0.25) is 0 Å². The summed E-state index contributed by atoms with van der Waals surface area (Å²) < 4.78 is 13.5. The van der Waals surface area contributed by atoms with Crippen LogP contribution >= 0.6 is 0 Å². The van der Waals surface area contributed by atoms with Crippen LogP contribution in [0.25, 0.3) is 0 Å². The number of rotatable bonds is 5. The average Bonchev–Trinajstić information content (AvgIpc) is 3.30. The van der Waals surface area contributed by atoms with E-state index >= 15 is 0 Å².